The third-order valence-corrected chi connectivity index (χ3v) is 3.35. The van der Waals surface area contributed by atoms with Gasteiger partial charge in [0, 0.05) is 6.54 Å². The average Bonchev–Trinajstić information content (AvgIpc) is 2.53. The fourth-order valence-corrected chi connectivity index (χ4v) is 2.08. The van der Waals surface area contributed by atoms with Crippen molar-refractivity contribution in [3.8, 4) is 12.3 Å². The van der Waals surface area contributed by atoms with Crippen LogP contribution in [0.3, 0.4) is 0 Å². The van der Waals surface area contributed by atoms with E-state index >= 15 is 0 Å². The molecule has 0 unspecified atom stereocenters. The van der Waals surface area contributed by atoms with Crippen LogP contribution in [-0.4, -0.2) is 90.1 Å². The van der Waals surface area contributed by atoms with Gasteiger partial charge < -0.3 is 30.0 Å². The number of halogens is 1. The number of hydrogen-bond acceptors (Lipinski definition) is 8. The van der Waals surface area contributed by atoms with Gasteiger partial charge in [-0.05, 0) is 0 Å². The third kappa shape index (κ3) is 19.4. The monoisotopic (exact) mass is 418 g/mol. The zero-order valence-corrected chi connectivity index (χ0v) is 16.1. The van der Waals surface area contributed by atoms with Crippen LogP contribution in [0.25, 0.3) is 0 Å². The smallest absolute Gasteiger partial charge is 0.266 e. The number of ether oxygens (including phenoxy) is 4. The van der Waals surface area contributed by atoms with Gasteiger partial charge in [-0.15, -0.1) is 18.8 Å². The minimum absolute atomic E-state index is 0. The van der Waals surface area contributed by atoms with Crippen molar-refractivity contribution in [2.45, 2.75) is 6.04 Å². The Balaban J connectivity index is 0. The molecule has 0 aliphatic heterocycles. The topological polar surface area (TPSA) is 146 Å². The molecule has 0 rings (SSSR count). The van der Waals surface area contributed by atoms with E-state index in [1.54, 1.807) is 0 Å². The minimum Gasteiger partial charge on any atom is -0.377 e. The summed E-state index contributed by atoms with van der Waals surface area (Å²) in [6.45, 7) is 3.08. The molecular formula is C14H27ClN2O8S. The molecular weight excluding hydrogens is 392 g/mol. The van der Waals surface area contributed by atoms with Crippen LogP contribution in [0.1, 0.15) is 0 Å². The quantitative estimate of drug-likeness (QED) is 0.154. The molecule has 0 spiro atoms. The summed E-state index contributed by atoms with van der Waals surface area (Å²) in [6.07, 6.45) is 5.01. The lowest BCUT2D eigenvalue weighted by Gasteiger charge is -2.11. The fraction of sp³-hybridized carbons (Fsp3) is 0.786. The second-order valence-electron chi connectivity index (χ2n) is 4.74. The standard InChI is InChI=1S/C14H26N2O8S.ClH/c1-2-4-21-6-8-23-10-11-24-9-7-22-5-3-16-14(17)13(15)12-25(18,19)20;/h1,13H,3-12,15H2,(H,16,17)(H,18,19,20);1H/t13-;/m0./s1. The lowest BCUT2D eigenvalue weighted by atomic mass is 10.3. The van der Waals surface area contributed by atoms with Crippen molar-refractivity contribution in [2.75, 3.05) is 65.2 Å². The molecule has 26 heavy (non-hydrogen) atoms. The molecule has 0 aromatic heterocycles. The highest BCUT2D eigenvalue weighted by Gasteiger charge is 2.19. The Kier molecular flexibility index (Phi) is 18.3. The number of amides is 1. The third-order valence-electron chi connectivity index (χ3n) is 2.57. The van der Waals surface area contributed by atoms with Crippen LogP contribution < -0.4 is 11.1 Å². The molecule has 0 heterocycles. The highest BCUT2D eigenvalue weighted by atomic mass is 35.5. The molecule has 12 heteroatoms. The van der Waals surface area contributed by atoms with Crippen LogP contribution in [0.5, 0.6) is 0 Å². The maximum Gasteiger partial charge on any atom is 0.266 e. The molecule has 0 aromatic rings. The summed E-state index contributed by atoms with van der Waals surface area (Å²) < 4.78 is 50.5. The van der Waals surface area contributed by atoms with Crippen LogP contribution in [0.2, 0.25) is 0 Å². The molecule has 154 valence electrons. The Morgan fingerprint density at radius 1 is 1.04 bits per heavy atom. The number of rotatable bonds is 16. The first-order valence-electron chi connectivity index (χ1n) is 7.59. The first-order chi connectivity index (χ1) is 11.9. The predicted octanol–water partition coefficient (Wildman–Crippen LogP) is -1.56. The van der Waals surface area contributed by atoms with Crippen molar-refractivity contribution in [1.29, 1.82) is 0 Å². The predicted molar refractivity (Wildman–Crippen MR) is 96.8 cm³/mol. The Morgan fingerprint density at radius 3 is 1.96 bits per heavy atom. The number of hydrogen-bond donors (Lipinski definition) is 3. The van der Waals surface area contributed by atoms with Crippen LogP contribution in [0.4, 0.5) is 0 Å². The Hall–Kier alpha value is -0.970. The van der Waals surface area contributed by atoms with Gasteiger partial charge in [0.2, 0.25) is 5.91 Å². The maximum absolute atomic E-state index is 11.4. The van der Waals surface area contributed by atoms with E-state index in [-0.39, 0.29) is 32.2 Å². The Morgan fingerprint density at radius 2 is 1.50 bits per heavy atom. The molecule has 0 fully saturated rings. The maximum atomic E-state index is 11.4. The number of nitrogens with two attached hydrogens (primary N) is 1. The van der Waals surface area contributed by atoms with Gasteiger partial charge in [0.25, 0.3) is 10.1 Å². The van der Waals surface area contributed by atoms with Gasteiger partial charge in [-0.1, -0.05) is 5.92 Å². The van der Waals surface area contributed by atoms with Crippen LogP contribution in [0.15, 0.2) is 0 Å². The number of carbonyl (C=O) groups excluding carboxylic acids is 1. The van der Waals surface area contributed by atoms with Crippen LogP contribution in [0, 0.1) is 12.3 Å². The van der Waals surface area contributed by atoms with E-state index in [2.05, 4.69) is 11.2 Å². The molecule has 0 radical (unpaired) electrons. The van der Waals surface area contributed by atoms with Gasteiger partial charge in [-0.25, -0.2) is 0 Å². The molecule has 0 saturated carbocycles. The summed E-state index contributed by atoms with van der Waals surface area (Å²) in [4.78, 5) is 11.4. The molecule has 0 aromatic carbocycles. The van der Waals surface area contributed by atoms with E-state index in [4.69, 9.17) is 35.7 Å². The first-order valence-corrected chi connectivity index (χ1v) is 9.20. The summed E-state index contributed by atoms with van der Waals surface area (Å²) >= 11 is 0. The largest absolute Gasteiger partial charge is 0.377 e. The molecule has 1 atom stereocenters. The molecule has 0 aliphatic rings. The molecule has 0 bridgehead atoms. The van der Waals surface area contributed by atoms with Gasteiger partial charge in [0.15, 0.2) is 0 Å². The first kappa shape index (κ1) is 27.3. The second kappa shape index (κ2) is 17.4. The highest BCUT2D eigenvalue weighted by Crippen LogP contribution is 1.88. The van der Waals surface area contributed by atoms with Gasteiger partial charge in [0.05, 0.1) is 52.0 Å². The van der Waals surface area contributed by atoms with Crippen LogP contribution >= 0.6 is 12.4 Å². The van der Waals surface area contributed by atoms with Crippen molar-refractivity contribution in [1.82, 2.24) is 5.32 Å². The van der Waals surface area contributed by atoms with Crippen molar-refractivity contribution < 1.29 is 36.7 Å². The normalized spacial score (nSPS) is 12.0. The second-order valence-corrected chi connectivity index (χ2v) is 6.24. The van der Waals surface area contributed by atoms with Gasteiger partial charge >= 0.3 is 0 Å². The zero-order chi connectivity index (χ0) is 19.0. The molecule has 10 nitrogen and oxygen atoms in total. The van der Waals surface area contributed by atoms with E-state index < -0.39 is 27.8 Å². The van der Waals surface area contributed by atoms with E-state index in [0.717, 1.165) is 0 Å². The van der Waals surface area contributed by atoms with E-state index in [0.29, 0.717) is 39.6 Å². The molecule has 0 aliphatic carbocycles. The SMILES string of the molecule is C#CCOCCOCCOCCOCCNC(=O)[C@@H](N)CS(=O)(=O)O.Cl. The van der Waals surface area contributed by atoms with E-state index in [9.17, 15) is 13.2 Å². The summed E-state index contributed by atoms with van der Waals surface area (Å²) in [5.74, 6) is 0.840. The van der Waals surface area contributed by atoms with Gasteiger partial charge in [-0.2, -0.15) is 8.42 Å². The average molecular weight is 419 g/mol. The molecule has 0 saturated heterocycles. The van der Waals surface area contributed by atoms with Gasteiger partial charge in [-0.3, -0.25) is 9.35 Å². The van der Waals surface area contributed by atoms with E-state index in [1.165, 1.54) is 0 Å². The highest BCUT2D eigenvalue weighted by molar-refractivity contribution is 7.85. The fourth-order valence-electron chi connectivity index (χ4n) is 1.47. The van der Waals surface area contributed by atoms with Crippen molar-refractivity contribution in [3.63, 3.8) is 0 Å². The van der Waals surface area contributed by atoms with Crippen LogP contribution in [-0.2, 0) is 33.9 Å². The summed E-state index contributed by atoms with van der Waals surface area (Å²) in [5.41, 5.74) is 5.32. The number of nitrogens with one attached hydrogen (secondary N) is 1. The van der Waals surface area contributed by atoms with Crippen molar-refractivity contribution in [2.24, 2.45) is 5.73 Å². The Labute approximate surface area is 160 Å². The summed E-state index contributed by atoms with van der Waals surface area (Å²) in [7, 11) is -4.29. The Bertz CT molecular complexity index is 498. The lowest BCUT2D eigenvalue weighted by Crippen LogP contribution is -2.45. The van der Waals surface area contributed by atoms with E-state index in [1.807, 2.05) is 0 Å². The zero-order valence-electron chi connectivity index (χ0n) is 14.4. The summed E-state index contributed by atoms with van der Waals surface area (Å²) in [5, 5.41) is 2.40. The van der Waals surface area contributed by atoms with Gasteiger partial charge in [0.1, 0.15) is 12.6 Å². The van der Waals surface area contributed by atoms with Crippen molar-refractivity contribution >= 4 is 28.4 Å². The summed E-state index contributed by atoms with van der Waals surface area (Å²) in [6, 6.07) is -1.32. The minimum atomic E-state index is -4.29. The molecule has 1 amide bonds. The number of carbonyl (C=O) groups is 1. The number of terminal acetylenes is 1. The molecule has 4 N–H and O–H groups in total. The lowest BCUT2D eigenvalue weighted by molar-refractivity contribution is -0.122. The van der Waals surface area contributed by atoms with Crippen molar-refractivity contribution in [3.05, 3.63) is 0 Å².